The van der Waals surface area contributed by atoms with E-state index < -0.39 is 23.6 Å². The summed E-state index contributed by atoms with van der Waals surface area (Å²) in [5.74, 6) is -0.188. The lowest BCUT2D eigenvalue weighted by Gasteiger charge is -2.66. The van der Waals surface area contributed by atoms with E-state index in [4.69, 9.17) is 9.15 Å². The molecule has 1 aromatic heterocycles. The monoisotopic (exact) mass is 392 g/mol. The highest BCUT2D eigenvalue weighted by atomic mass is 16.6. The minimum absolute atomic E-state index is 0.0448. The van der Waals surface area contributed by atoms with Crippen molar-refractivity contribution in [1.82, 2.24) is 0 Å². The van der Waals surface area contributed by atoms with Gasteiger partial charge in [-0.3, -0.25) is 4.79 Å². The summed E-state index contributed by atoms with van der Waals surface area (Å²) in [5, 5.41) is 31.9. The highest BCUT2D eigenvalue weighted by Gasteiger charge is 2.66. The smallest absolute Gasteiger partial charge is 0.302 e. The van der Waals surface area contributed by atoms with Gasteiger partial charge >= 0.3 is 5.97 Å². The second-order valence-corrected chi connectivity index (χ2v) is 9.77. The summed E-state index contributed by atoms with van der Waals surface area (Å²) in [6.07, 6.45) is 5.93. The third-order valence-corrected chi connectivity index (χ3v) is 8.52. The van der Waals surface area contributed by atoms with Crippen LogP contribution < -0.4 is 0 Å². The molecule has 2 fully saturated rings. The van der Waals surface area contributed by atoms with Crippen molar-refractivity contribution in [2.75, 3.05) is 13.2 Å². The van der Waals surface area contributed by atoms with Gasteiger partial charge in [-0.1, -0.05) is 13.8 Å². The molecular weight excluding hydrogens is 360 g/mol. The molecule has 0 unspecified atom stereocenters. The van der Waals surface area contributed by atoms with Crippen LogP contribution in [0.4, 0.5) is 0 Å². The zero-order valence-electron chi connectivity index (χ0n) is 17.0. The van der Waals surface area contributed by atoms with Gasteiger partial charge in [0.25, 0.3) is 0 Å². The summed E-state index contributed by atoms with van der Waals surface area (Å²) in [6, 6.07) is 0. The molecule has 0 spiro atoms. The highest BCUT2D eigenvalue weighted by molar-refractivity contribution is 5.66. The van der Waals surface area contributed by atoms with Crippen molar-refractivity contribution in [2.24, 2.45) is 22.7 Å². The molecule has 0 amide bonds. The average molecular weight is 392 g/mol. The van der Waals surface area contributed by atoms with Crippen molar-refractivity contribution >= 4 is 5.97 Å². The number of carbonyl (C=O) groups excluding carboxylic acids is 1. The third-order valence-electron chi connectivity index (χ3n) is 8.52. The predicted octanol–water partition coefficient (Wildman–Crippen LogP) is 2.18. The molecule has 156 valence electrons. The maximum absolute atomic E-state index is 11.7. The molecule has 0 aliphatic heterocycles. The number of rotatable bonds is 3. The van der Waals surface area contributed by atoms with E-state index in [-0.39, 0.29) is 35.9 Å². The van der Waals surface area contributed by atoms with E-state index in [1.54, 1.807) is 12.5 Å². The summed E-state index contributed by atoms with van der Waals surface area (Å²) in [5.41, 5.74) is 0.847. The number of carbonyl (C=O) groups is 1. The number of hydrogen-bond donors (Lipinski definition) is 3. The molecule has 1 aromatic rings. The Balaban J connectivity index is 1.81. The van der Waals surface area contributed by atoms with E-state index in [1.165, 1.54) is 12.5 Å². The zero-order chi connectivity index (χ0) is 20.3. The van der Waals surface area contributed by atoms with E-state index in [0.29, 0.717) is 6.42 Å². The van der Waals surface area contributed by atoms with Gasteiger partial charge < -0.3 is 24.5 Å². The first-order valence-corrected chi connectivity index (χ1v) is 10.4. The molecule has 2 saturated carbocycles. The number of aliphatic hydroxyl groups is 3. The summed E-state index contributed by atoms with van der Waals surface area (Å²) in [6.45, 7) is 5.35. The topological polar surface area (TPSA) is 100 Å². The summed E-state index contributed by atoms with van der Waals surface area (Å²) >= 11 is 0. The van der Waals surface area contributed by atoms with Crippen LogP contribution in [0.2, 0.25) is 0 Å². The Morgan fingerprint density at radius 2 is 1.96 bits per heavy atom. The summed E-state index contributed by atoms with van der Waals surface area (Å²) in [7, 11) is 0. The lowest BCUT2D eigenvalue weighted by Crippen LogP contribution is -2.67. The van der Waals surface area contributed by atoms with E-state index >= 15 is 0 Å². The van der Waals surface area contributed by atoms with Crippen LogP contribution in [0, 0.1) is 22.7 Å². The molecule has 4 rings (SSSR count). The minimum Gasteiger partial charge on any atom is -0.472 e. The molecule has 0 radical (unpaired) electrons. The van der Waals surface area contributed by atoms with E-state index in [0.717, 1.165) is 31.2 Å². The number of aliphatic hydroxyl groups excluding tert-OH is 3. The largest absolute Gasteiger partial charge is 0.472 e. The summed E-state index contributed by atoms with van der Waals surface area (Å²) < 4.78 is 11.0. The molecule has 0 saturated heterocycles. The van der Waals surface area contributed by atoms with Gasteiger partial charge in [0.15, 0.2) is 0 Å². The first-order chi connectivity index (χ1) is 13.2. The Kier molecular flexibility index (Phi) is 4.68. The van der Waals surface area contributed by atoms with Gasteiger partial charge in [0, 0.05) is 23.3 Å². The number of furan rings is 1. The Hall–Kier alpha value is -1.37. The van der Waals surface area contributed by atoms with Crippen LogP contribution in [0.5, 0.6) is 0 Å². The molecule has 3 N–H and O–H groups in total. The van der Waals surface area contributed by atoms with Crippen molar-refractivity contribution in [1.29, 1.82) is 0 Å². The molecule has 1 heterocycles. The highest BCUT2D eigenvalue weighted by Crippen LogP contribution is 2.67. The predicted molar refractivity (Wildman–Crippen MR) is 101 cm³/mol. The molecule has 6 nitrogen and oxygen atoms in total. The van der Waals surface area contributed by atoms with Crippen LogP contribution in [0.3, 0.4) is 0 Å². The van der Waals surface area contributed by atoms with Crippen LogP contribution in [-0.2, 0) is 21.4 Å². The Bertz CT molecular complexity index is 758. The van der Waals surface area contributed by atoms with Crippen molar-refractivity contribution < 1.29 is 29.3 Å². The molecule has 7 atom stereocenters. The van der Waals surface area contributed by atoms with Gasteiger partial charge in [-0.15, -0.1) is 0 Å². The fourth-order valence-corrected chi connectivity index (χ4v) is 7.30. The van der Waals surface area contributed by atoms with Gasteiger partial charge in [-0.2, -0.15) is 0 Å². The number of ether oxygens (including phenoxy) is 1. The molecule has 3 aliphatic carbocycles. The fourth-order valence-electron chi connectivity index (χ4n) is 7.30. The van der Waals surface area contributed by atoms with Crippen LogP contribution in [0.1, 0.15) is 57.6 Å². The number of fused-ring (bicyclic) bond motifs is 5. The van der Waals surface area contributed by atoms with Crippen LogP contribution in [0.25, 0.3) is 0 Å². The van der Waals surface area contributed by atoms with Gasteiger partial charge in [0.05, 0.1) is 31.8 Å². The van der Waals surface area contributed by atoms with Crippen molar-refractivity contribution in [2.45, 2.75) is 70.5 Å². The first-order valence-electron chi connectivity index (χ1n) is 10.4. The first kappa shape index (κ1) is 19.9. The Labute approximate surface area is 165 Å². The molecule has 6 heteroatoms. The van der Waals surface area contributed by atoms with Gasteiger partial charge in [0.1, 0.15) is 6.10 Å². The van der Waals surface area contributed by atoms with Crippen molar-refractivity contribution in [3.63, 3.8) is 0 Å². The van der Waals surface area contributed by atoms with Crippen molar-refractivity contribution in [3.05, 3.63) is 23.7 Å². The van der Waals surface area contributed by atoms with Crippen LogP contribution in [0.15, 0.2) is 16.9 Å². The Morgan fingerprint density at radius 3 is 2.61 bits per heavy atom. The van der Waals surface area contributed by atoms with E-state index in [1.807, 2.05) is 6.92 Å². The normalized spacial score (nSPS) is 44.9. The quantitative estimate of drug-likeness (QED) is 0.682. The van der Waals surface area contributed by atoms with Crippen LogP contribution in [-0.4, -0.2) is 46.7 Å². The molecule has 3 aliphatic rings. The second kappa shape index (κ2) is 6.57. The average Bonchev–Trinajstić information content (AvgIpc) is 3.15. The SMILES string of the molecule is CC(=O)O[C@H]1C[C@@]2(C)[C@@H](CC[C@@]3(CO)c4cocc4CC[C@@H]32)[C@@](C)(CO)[C@H]1O. The number of esters is 1. The fraction of sp³-hybridized carbons (Fsp3) is 0.773. The van der Waals surface area contributed by atoms with E-state index in [2.05, 4.69) is 6.92 Å². The molecule has 0 aromatic carbocycles. The minimum atomic E-state index is -0.908. The van der Waals surface area contributed by atoms with Crippen molar-refractivity contribution in [3.8, 4) is 0 Å². The number of aryl methyl sites for hydroxylation is 1. The molecule has 0 bridgehead atoms. The zero-order valence-corrected chi connectivity index (χ0v) is 17.0. The van der Waals surface area contributed by atoms with Gasteiger partial charge in [-0.25, -0.2) is 0 Å². The maximum Gasteiger partial charge on any atom is 0.302 e. The third kappa shape index (κ3) is 2.47. The van der Waals surface area contributed by atoms with Crippen LogP contribution >= 0.6 is 0 Å². The standard InChI is InChI=1S/C22H32O6/c1-13(25)28-16-8-20(2)17(21(3,11-23)19(16)26)6-7-22(12-24)15-10-27-9-14(15)4-5-18(20)22/h9-10,16-19,23-24,26H,4-8,11-12H2,1-3H3/t16-,17+,18+,19-,20-,21+,22+/m0/s1. The van der Waals surface area contributed by atoms with E-state index in [9.17, 15) is 20.1 Å². The van der Waals surface area contributed by atoms with Gasteiger partial charge in [0.2, 0.25) is 0 Å². The Morgan fingerprint density at radius 1 is 1.21 bits per heavy atom. The lowest BCUT2D eigenvalue weighted by atomic mass is 9.39. The molecular formula is C22H32O6. The second-order valence-electron chi connectivity index (χ2n) is 9.77. The maximum atomic E-state index is 11.7. The van der Waals surface area contributed by atoms with Gasteiger partial charge in [-0.05, 0) is 54.9 Å². The molecule has 28 heavy (non-hydrogen) atoms. The summed E-state index contributed by atoms with van der Waals surface area (Å²) in [4.78, 5) is 11.7. The lowest BCUT2D eigenvalue weighted by molar-refractivity contribution is -0.231. The number of hydrogen-bond acceptors (Lipinski definition) is 6.